The van der Waals surface area contributed by atoms with E-state index < -0.39 is 21.5 Å². The zero-order valence-electron chi connectivity index (χ0n) is 13.8. The Bertz CT molecular complexity index is 411. The SMILES string of the molecule is [B][C@@H]1O[C@H](/C=C/P(C)(C)=O)C[C@@H]1O[Si](C)(C)C(C)(C)C. The molecule has 114 valence electrons. The summed E-state index contributed by atoms with van der Waals surface area (Å²) in [5, 5.41) is 0.156. The van der Waals surface area contributed by atoms with Crippen LogP contribution in [0.4, 0.5) is 0 Å². The molecule has 0 bridgehead atoms. The lowest BCUT2D eigenvalue weighted by Gasteiger charge is -2.39. The van der Waals surface area contributed by atoms with E-state index >= 15 is 0 Å². The largest absolute Gasteiger partial charge is 0.412 e. The van der Waals surface area contributed by atoms with Gasteiger partial charge in [0.05, 0.1) is 12.2 Å². The van der Waals surface area contributed by atoms with Crippen LogP contribution in [0.2, 0.25) is 18.1 Å². The topological polar surface area (TPSA) is 35.5 Å². The van der Waals surface area contributed by atoms with Crippen LogP contribution in [0.3, 0.4) is 0 Å². The lowest BCUT2D eigenvalue weighted by atomic mass is 9.94. The Morgan fingerprint density at radius 3 is 2.35 bits per heavy atom. The zero-order chi connectivity index (χ0) is 15.8. The summed E-state index contributed by atoms with van der Waals surface area (Å²) in [5.74, 6) is 1.75. The average Bonchev–Trinajstić information content (AvgIpc) is 2.53. The first-order chi connectivity index (χ1) is 8.82. The summed E-state index contributed by atoms with van der Waals surface area (Å²) in [6.45, 7) is 14.5. The van der Waals surface area contributed by atoms with Crippen molar-refractivity contribution in [1.29, 1.82) is 0 Å². The third-order valence-corrected chi connectivity index (χ3v) is 9.47. The maximum atomic E-state index is 11.7. The molecule has 0 aromatic carbocycles. The monoisotopic (exact) mass is 314 g/mol. The molecule has 0 saturated carbocycles. The first-order valence-corrected chi connectivity index (χ1v) is 12.7. The van der Waals surface area contributed by atoms with Gasteiger partial charge in [-0.25, -0.2) is 0 Å². The van der Waals surface area contributed by atoms with Crippen LogP contribution in [0.25, 0.3) is 0 Å². The lowest BCUT2D eigenvalue weighted by Crippen LogP contribution is -2.46. The Balaban J connectivity index is 2.67. The molecule has 1 aliphatic heterocycles. The first kappa shape index (κ1) is 18.2. The van der Waals surface area contributed by atoms with Crippen molar-refractivity contribution in [3.05, 3.63) is 11.9 Å². The van der Waals surface area contributed by atoms with E-state index in [1.54, 1.807) is 19.1 Å². The summed E-state index contributed by atoms with van der Waals surface area (Å²) in [5.41, 5.74) is 0. The molecule has 2 radical (unpaired) electrons. The van der Waals surface area contributed by atoms with Gasteiger partial charge in [-0.1, -0.05) is 26.8 Å². The summed E-state index contributed by atoms with van der Waals surface area (Å²) in [4.78, 5) is 0. The van der Waals surface area contributed by atoms with Crippen LogP contribution >= 0.6 is 7.14 Å². The molecular weight excluding hydrogens is 286 g/mol. The number of hydrogen-bond donors (Lipinski definition) is 0. The van der Waals surface area contributed by atoms with Crippen molar-refractivity contribution < 1.29 is 13.7 Å². The molecule has 1 heterocycles. The molecule has 0 N–H and O–H groups in total. The highest BCUT2D eigenvalue weighted by Gasteiger charge is 2.42. The van der Waals surface area contributed by atoms with Gasteiger partial charge in [0.2, 0.25) is 0 Å². The maximum Gasteiger partial charge on any atom is 0.192 e. The van der Waals surface area contributed by atoms with Gasteiger partial charge in [-0.05, 0) is 37.3 Å². The fourth-order valence-electron chi connectivity index (χ4n) is 1.81. The van der Waals surface area contributed by atoms with Crippen molar-refractivity contribution in [3.8, 4) is 0 Å². The first-order valence-electron chi connectivity index (χ1n) is 7.15. The molecule has 0 spiro atoms. The van der Waals surface area contributed by atoms with Crippen LogP contribution in [-0.4, -0.2) is 47.7 Å². The van der Waals surface area contributed by atoms with Gasteiger partial charge in [-0.2, -0.15) is 0 Å². The molecule has 0 aromatic heterocycles. The van der Waals surface area contributed by atoms with Crippen molar-refractivity contribution in [2.75, 3.05) is 13.3 Å². The molecular formula is C14H28BO3PSi. The number of rotatable bonds is 4. The Morgan fingerprint density at radius 2 is 1.90 bits per heavy atom. The molecule has 1 rings (SSSR count). The van der Waals surface area contributed by atoms with E-state index in [0.717, 1.165) is 6.42 Å². The van der Waals surface area contributed by atoms with Crippen molar-refractivity contribution in [1.82, 2.24) is 0 Å². The quantitative estimate of drug-likeness (QED) is 0.585. The minimum absolute atomic E-state index is 0.0707. The molecule has 20 heavy (non-hydrogen) atoms. The van der Waals surface area contributed by atoms with E-state index in [-0.39, 0.29) is 17.2 Å². The highest BCUT2D eigenvalue weighted by molar-refractivity contribution is 7.65. The van der Waals surface area contributed by atoms with E-state index in [2.05, 4.69) is 33.9 Å². The highest BCUT2D eigenvalue weighted by Crippen LogP contribution is 2.41. The van der Waals surface area contributed by atoms with Crippen LogP contribution in [0.15, 0.2) is 11.9 Å². The van der Waals surface area contributed by atoms with Gasteiger partial charge in [0.15, 0.2) is 8.32 Å². The standard InChI is InChI=1S/C14H28BO3PSi/c1-14(2,3)20(6,7)18-12-10-11(17-13(12)15)8-9-19(4,5)16/h8-9,11-13H,10H2,1-7H3/b9-8+/t11-,12+,13-/m1/s1. The second-order valence-corrected chi connectivity index (χ2v) is 15.5. The summed E-state index contributed by atoms with van der Waals surface area (Å²) < 4.78 is 23.7. The zero-order valence-corrected chi connectivity index (χ0v) is 15.7. The van der Waals surface area contributed by atoms with Crippen LogP contribution in [0.1, 0.15) is 27.2 Å². The van der Waals surface area contributed by atoms with Gasteiger partial charge in [0.1, 0.15) is 15.0 Å². The molecule has 1 saturated heterocycles. The third-order valence-electron chi connectivity index (χ3n) is 4.07. The third kappa shape index (κ3) is 5.18. The minimum atomic E-state index is -2.16. The van der Waals surface area contributed by atoms with E-state index in [0.29, 0.717) is 0 Å². The Morgan fingerprint density at radius 1 is 1.35 bits per heavy atom. The number of ether oxygens (including phenoxy) is 1. The van der Waals surface area contributed by atoms with Gasteiger partial charge >= 0.3 is 0 Å². The molecule has 3 atom stereocenters. The van der Waals surface area contributed by atoms with E-state index in [1.165, 1.54) is 0 Å². The van der Waals surface area contributed by atoms with Crippen LogP contribution in [0, 0.1) is 0 Å². The molecule has 1 aliphatic rings. The van der Waals surface area contributed by atoms with Gasteiger partial charge in [0, 0.05) is 12.4 Å². The van der Waals surface area contributed by atoms with Gasteiger partial charge in [-0.15, -0.1) is 0 Å². The van der Waals surface area contributed by atoms with Crippen LogP contribution in [-0.2, 0) is 13.7 Å². The fourth-order valence-corrected chi connectivity index (χ4v) is 3.75. The molecule has 0 aromatic rings. The summed E-state index contributed by atoms with van der Waals surface area (Å²) in [7, 11) is 2.03. The predicted octanol–water partition coefficient (Wildman–Crippen LogP) is 3.80. The summed E-state index contributed by atoms with van der Waals surface area (Å²) >= 11 is 0. The predicted molar refractivity (Wildman–Crippen MR) is 89.7 cm³/mol. The fraction of sp³-hybridized carbons (Fsp3) is 0.857. The minimum Gasteiger partial charge on any atom is -0.412 e. The molecule has 3 nitrogen and oxygen atoms in total. The molecule has 6 heteroatoms. The van der Waals surface area contributed by atoms with Crippen LogP contribution in [0.5, 0.6) is 0 Å². The van der Waals surface area contributed by atoms with Gasteiger partial charge in [-0.3, -0.25) is 0 Å². The van der Waals surface area contributed by atoms with E-state index in [4.69, 9.17) is 17.0 Å². The molecule has 0 unspecified atom stereocenters. The summed E-state index contributed by atoms with van der Waals surface area (Å²) in [6, 6.07) is -0.396. The van der Waals surface area contributed by atoms with E-state index in [1.807, 2.05) is 6.08 Å². The number of hydrogen-bond acceptors (Lipinski definition) is 3. The Hall–Kier alpha value is 0.172. The lowest BCUT2D eigenvalue weighted by molar-refractivity contribution is 0.0812. The molecule has 1 fully saturated rings. The Labute approximate surface area is 126 Å². The summed E-state index contributed by atoms with van der Waals surface area (Å²) in [6.07, 6.45) is 2.45. The average molecular weight is 314 g/mol. The van der Waals surface area contributed by atoms with Crippen molar-refractivity contribution in [2.24, 2.45) is 0 Å². The van der Waals surface area contributed by atoms with E-state index in [9.17, 15) is 4.57 Å². The molecule has 0 aliphatic carbocycles. The Kier molecular flexibility index (Phi) is 5.57. The van der Waals surface area contributed by atoms with Crippen molar-refractivity contribution in [3.63, 3.8) is 0 Å². The smallest absolute Gasteiger partial charge is 0.192 e. The van der Waals surface area contributed by atoms with Crippen molar-refractivity contribution in [2.45, 2.75) is 63.5 Å². The van der Waals surface area contributed by atoms with Gasteiger partial charge in [0.25, 0.3) is 0 Å². The van der Waals surface area contributed by atoms with Crippen molar-refractivity contribution >= 4 is 23.3 Å². The van der Waals surface area contributed by atoms with Gasteiger partial charge < -0.3 is 13.7 Å². The second kappa shape index (κ2) is 6.12. The normalized spacial score (nSPS) is 29.2. The second-order valence-electron chi connectivity index (χ2n) is 7.57. The maximum absolute atomic E-state index is 11.7. The van der Waals surface area contributed by atoms with Crippen LogP contribution < -0.4 is 0 Å². The molecule has 0 amide bonds. The highest BCUT2D eigenvalue weighted by atomic mass is 31.2.